The summed E-state index contributed by atoms with van der Waals surface area (Å²) in [5.74, 6) is 2.65. The van der Waals surface area contributed by atoms with Gasteiger partial charge in [-0.2, -0.15) is 12.6 Å². The number of allylic oxidation sites excluding steroid dienone is 2. The largest absolute Gasteiger partial charge is 0.176 e. The van der Waals surface area contributed by atoms with Crippen LogP contribution in [0.15, 0.2) is 12.2 Å². The zero-order valence-corrected chi connectivity index (χ0v) is 7.22. The molecule has 1 saturated carbocycles. The molecule has 0 aromatic rings. The average Bonchev–Trinajstić information content (AvgIpc) is 2.44. The zero-order valence-electron chi connectivity index (χ0n) is 6.33. The quantitative estimate of drug-likeness (QED) is 0.435. The van der Waals surface area contributed by atoms with Crippen LogP contribution in [0, 0.1) is 17.8 Å². The third-order valence-electron chi connectivity index (χ3n) is 2.95. The third kappa shape index (κ3) is 0.914. The molecule has 2 rings (SSSR count). The van der Waals surface area contributed by atoms with Crippen LogP contribution in [0.3, 0.4) is 0 Å². The Hall–Kier alpha value is 0.0900. The van der Waals surface area contributed by atoms with Gasteiger partial charge in [0, 0.05) is 5.25 Å². The van der Waals surface area contributed by atoms with Gasteiger partial charge >= 0.3 is 0 Å². The highest BCUT2D eigenvalue weighted by Gasteiger charge is 2.37. The van der Waals surface area contributed by atoms with Crippen molar-refractivity contribution in [2.45, 2.75) is 25.0 Å². The summed E-state index contributed by atoms with van der Waals surface area (Å²) >= 11 is 4.49. The number of hydrogen-bond donors (Lipinski definition) is 1. The molecule has 0 saturated heterocycles. The second-order valence-corrected chi connectivity index (χ2v) is 4.50. The van der Waals surface area contributed by atoms with Crippen LogP contribution >= 0.6 is 12.6 Å². The fraction of sp³-hybridized carbons (Fsp3) is 0.778. The molecule has 0 heterocycles. The summed E-state index contributed by atoms with van der Waals surface area (Å²) < 4.78 is 0. The van der Waals surface area contributed by atoms with Gasteiger partial charge in [-0.25, -0.2) is 0 Å². The summed E-state index contributed by atoms with van der Waals surface area (Å²) in [5.41, 5.74) is 0. The van der Waals surface area contributed by atoms with Gasteiger partial charge in [0.2, 0.25) is 0 Å². The van der Waals surface area contributed by atoms with Crippen molar-refractivity contribution in [2.24, 2.45) is 17.8 Å². The lowest BCUT2D eigenvalue weighted by Crippen LogP contribution is -2.15. The summed E-state index contributed by atoms with van der Waals surface area (Å²) in [6.45, 7) is 2.22. The predicted octanol–water partition coefficient (Wildman–Crippen LogP) is 2.52. The van der Waals surface area contributed by atoms with Crippen LogP contribution in [0.1, 0.15) is 19.8 Å². The first-order valence-electron chi connectivity index (χ1n) is 4.14. The summed E-state index contributed by atoms with van der Waals surface area (Å²) in [6, 6.07) is 0. The van der Waals surface area contributed by atoms with E-state index in [-0.39, 0.29) is 0 Å². The van der Waals surface area contributed by atoms with Crippen molar-refractivity contribution in [3.05, 3.63) is 12.2 Å². The van der Waals surface area contributed by atoms with E-state index in [0.717, 1.165) is 17.8 Å². The van der Waals surface area contributed by atoms with Gasteiger partial charge in [0.15, 0.2) is 0 Å². The van der Waals surface area contributed by atoms with Crippen molar-refractivity contribution in [2.75, 3.05) is 0 Å². The average molecular weight is 154 g/mol. The Morgan fingerprint density at radius 3 is 2.50 bits per heavy atom. The SMILES string of the molecule is CC(S)C1CC2C=CC1C2. The Labute approximate surface area is 68.1 Å². The lowest BCUT2D eigenvalue weighted by molar-refractivity contribution is 0.447. The Bertz CT molecular complexity index is 160. The fourth-order valence-corrected chi connectivity index (χ4v) is 2.72. The zero-order chi connectivity index (χ0) is 7.14. The maximum absolute atomic E-state index is 4.49. The minimum absolute atomic E-state index is 0.597. The predicted molar refractivity (Wildman–Crippen MR) is 47.3 cm³/mol. The molecule has 4 unspecified atom stereocenters. The first kappa shape index (κ1) is 6.78. The van der Waals surface area contributed by atoms with E-state index < -0.39 is 0 Å². The Morgan fingerprint density at radius 1 is 1.40 bits per heavy atom. The molecule has 10 heavy (non-hydrogen) atoms. The van der Waals surface area contributed by atoms with Crippen molar-refractivity contribution in [3.8, 4) is 0 Å². The molecule has 1 heteroatoms. The summed E-state index contributed by atoms with van der Waals surface area (Å²) in [6.07, 6.45) is 7.59. The Balaban J connectivity index is 2.09. The lowest BCUT2D eigenvalue weighted by Gasteiger charge is -2.20. The maximum atomic E-state index is 4.49. The number of rotatable bonds is 1. The molecule has 4 atom stereocenters. The van der Waals surface area contributed by atoms with Crippen LogP contribution in [0.4, 0.5) is 0 Å². The number of thiol groups is 1. The topological polar surface area (TPSA) is 0 Å². The molecule has 0 amide bonds. The molecule has 0 spiro atoms. The first-order valence-corrected chi connectivity index (χ1v) is 4.65. The molecule has 56 valence electrons. The van der Waals surface area contributed by atoms with Gasteiger partial charge in [-0.15, -0.1) is 0 Å². The van der Waals surface area contributed by atoms with Crippen molar-refractivity contribution in [1.29, 1.82) is 0 Å². The van der Waals surface area contributed by atoms with E-state index in [1.54, 1.807) is 0 Å². The van der Waals surface area contributed by atoms with Gasteiger partial charge in [0.1, 0.15) is 0 Å². The highest BCUT2D eigenvalue weighted by atomic mass is 32.1. The van der Waals surface area contributed by atoms with Crippen molar-refractivity contribution in [1.82, 2.24) is 0 Å². The molecule has 2 bridgehead atoms. The second kappa shape index (κ2) is 2.30. The third-order valence-corrected chi connectivity index (χ3v) is 3.33. The van der Waals surface area contributed by atoms with E-state index in [1.165, 1.54) is 12.8 Å². The summed E-state index contributed by atoms with van der Waals surface area (Å²) in [5, 5.41) is 0.597. The molecule has 0 aromatic heterocycles. The van der Waals surface area contributed by atoms with Crippen LogP contribution in [-0.2, 0) is 0 Å². The van der Waals surface area contributed by atoms with Crippen LogP contribution < -0.4 is 0 Å². The van der Waals surface area contributed by atoms with Gasteiger partial charge in [-0.05, 0) is 30.6 Å². The summed E-state index contributed by atoms with van der Waals surface area (Å²) in [4.78, 5) is 0. The summed E-state index contributed by atoms with van der Waals surface area (Å²) in [7, 11) is 0. The molecule has 0 aliphatic heterocycles. The normalized spacial score (nSPS) is 46.4. The Kier molecular flexibility index (Phi) is 1.56. The van der Waals surface area contributed by atoms with Crippen molar-refractivity contribution < 1.29 is 0 Å². The standard InChI is InChI=1S/C9H14S/c1-6(10)9-5-7-2-3-8(9)4-7/h2-3,6-10H,4-5H2,1H3. The minimum Gasteiger partial charge on any atom is -0.176 e. The molecule has 0 radical (unpaired) electrons. The molecular weight excluding hydrogens is 140 g/mol. The van der Waals surface area contributed by atoms with E-state index in [0.29, 0.717) is 5.25 Å². The van der Waals surface area contributed by atoms with E-state index >= 15 is 0 Å². The maximum Gasteiger partial charge on any atom is 0.00225 e. The van der Waals surface area contributed by atoms with Crippen LogP contribution in [0.25, 0.3) is 0 Å². The van der Waals surface area contributed by atoms with Gasteiger partial charge in [0.05, 0.1) is 0 Å². The number of hydrogen-bond acceptors (Lipinski definition) is 1. The minimum atomic E-state index is 0.597. The van der Waals surface area contributed by atoms with Gasteiger partial charge < -0.3 is 0 Å². The van der Waals surface area contributed by atoms with Crippen molar-refractivity contribution in [3.63, 3.8) is 0 Å². The molecule has 1 fully saturated rings. The number of fused-ring (bicyclic) bond motifs is 2. The van der Waals surface area contributed by atoms with Crippen LogP contribution in [0.5, 0.6) is 0 Å². The van der Waals surface area contributed by atoms with E-state index in [4.69, 9.17) is 0 Å². The lowest BCUT2D eigenvalue weighted by atomic mass is 9.91. The van der Waals surface area contributed by atoms with Crippen LogP contribution in [-0.4, -0.2) is 5.25 Å². The molecule has 0 aromatic carbocycles. The van der Waals surface area contributed by atoms with Gasteiger partial charge in [-0.3, -0.25) is 0 Å². The van der Waals surface area contributed by atoms with E-state index in [1.807, 2.05) is 0 Å². The van der Waals surface area contributed by atoms with E-state index in [9.17, 15) is 0 Å². The highest BCUT2D eigenvalue weighted by Crippen LogP contribution is 2.45. The smallest absolute Gasteiger partial charge is 0.00225 e. The Morgan fingerprint density at radius 2 is 2.20 bits per heavy atom. The molecule has 0 nitrogen and oxygen atoms in total. The van der Waals surface area contributed by atoms with E-state index in [2.05, 4.69) is 31.7 Å². The molecule has 2 aliphatic rings. The van der Waals surface area contributed by atoms with Gasteiger partial charge in [-0.1, -0.05) is 19.1 Å². The fourth-order valence-electron chi connectivity index (χ4n) is 2.38. The molecule has 0 N–H and O–H groups in total. The molecular formula is C9H14S. The monoisotopic (exact) mass is 154 g/mol. The second-order valence-electron chi connectivity index (χ2n) is 3.68. The molecule has 2 aliphatic carbocycles. The first-order chi connectivity index (χ1) is 4.77. The van der Waals surface area contributed by atoms with Crippen LogP contribution in [0.2, 0.25) is 0 Å². The highest BCUT2D eigenvalue weighted by molar-refractivity contribution is 7.80. The van der Waals surface area contributed by atoms with Gasteiger partial charge in [0.25, 0.3) is 0 Å². The van der Waals surface area contributed by atoms with Crippen molar-refractivity contribution >= 4 is 12.6 Å².